The minimum Gasteiger partial charge on any atom is -0.494 e. The number of hydrogen-bond acceptors (Lipinski definition) is 4. The van der Waals surface area contributed by atoms with Gasteiger partial charge in [0.25, 0.3) is 0 Å². The van der Waals surface area contributed by atoms with Crippen molar-refractivity contribution in [2.45, 2.75) is 84.7 Å². The van der Waals surface area contributed by atoms with Crippen molar-refractivity contribution in [1.82, 2.24) is 9.97 Å². The molecular formula is C30H40N2O2. The minimum absolute atomic E-state index is 0.527. The van der Waals surface area contributed by atoms with Crippen LogP contribution in [-0.4, -0.2) is 16.6 Å². The van der Waals surface area contributed by atoms with Crippen LogP contribution in [0.5, 0.6) is 11.5 Å². The zero-order valence-corrected chi connectivity index (χ0v) is 21.0. The third-order valence-electron chi connectivity index (χ3n) is 5.98. The van der Waals surface area contributed by atoms with Gasteiger partial charge in [-0.25, -0.2) is 9.97 Å². The quantitative estimate of drug-likeness (QED) is 0.202. The van der Waals surface area contributed by atoms with Crippen molar-refractivity contribution < 1.29 is 9.47 Å². The molecule has 0 saturated heterocycles. The third-order valence-corrected chi connectivity index (χ3v) is 5.98. The smallest absolute Gasteiger partial charge is 0.159 e. The van der Waals surface area contributed by atoms with E-state index >= 15 is 0 Å². The maximum atomic E-state index is 5.96. The first kappa shape index (κ1) is 25.7. The van der Waals surface area contributed by atoms with Crippen LogP contribution in [0, 0.1) is 0 Å². The number of aryl methyl sites for hydroxylation is 1. The first-order chi connectivity index (χ1) is 16.8. The number of nitrogens with zero attached hydrogens (tertiary/aromatic N) is 2. The van der Waals surface area contributed by atoms with E-state index in [2.05, 4.69) is 35.9 Å². The maximum absolute atomic E-state index is 5.96. The highest BCUT2D eigenvalue weighted by Crippen LogP contribution is 2.21. The van der Waals surface area contributed by atoms with Gasteiger partial charge in [-0.3, -0.25) is 0 Å². The Hall–Kier alpha value is -2.88. The fraction of sp³-hybridized carbons (Fsp3) is 0.467. The van der Waals surface area contributed by atoms with Crippen LogP contribution < -0.4 is 9.47 Å². The molecule has 0 atom stereocenters. The third kappa shape index (κ3) is 9.17. The standard InChI is InChI=1S/C30H40N2O2/c1-3-5-7-9-10-12-26-22-31-30(32-23-26)27-15-19-29(20-16-27)34-24-25-13-17-28(18-14-25)33-21-11-8-6-4-2/h13-20,22-23H,3-12,21,24H2,1-2H3. The Morgan fingerprint density at radius 2 is 1.18 bits per heavy atom. The Bertz CT molecular complexity index is 922. The van der Waals surface area contributed by atoms with Crippen molar-refractivity contribution in [3.63, 3.8) is 0 Å². The van der Waals surface area contributed by atoms with Crippen molar-refractivity contribution >= 4 is 0 Å². The van der Waals surface area contributed by atoms with Crippen molar-refractivity contribution in [2.24, 2.45) is 0 Å². The van der Waals surface area contributed by atoms with Crippen LogP contribution in [0.1, 0.15) is 82.8 Å². The molecule has 0 aliphatic heterocycles. The Kier molecular flexibility index (Phi) is 11.4. The van der Waals surface area contributed by atoms with Gasteiger partial charge >= 0.3 is 0 Å². The van der Waals surface area contributed by atoms with Crippen LogP contribution in [-0.2, 0) is 13.0 Å². The van der Waals surface area contributed by atoms with E-state index in [1.807, 2.05) is 48.8 Å². The van der Waals surface area contributed by atoms with Gasteiger partial charge < -0.3 is 9.47 Å². The van der Waals surface area contributed by atoms with E-state index in [0.717, 1.165) is 47.9 Å². The van der Waals surface area contributed by atoms with E-state index in [1.54, 1.807) is 0 Å². The van der Waals surface area contributed by atoms with Crippen LogP contribution in [0.15, 0.2) is 60.9 Å². The SMILES string of the molecule is CCCCCCCc1cnc(-c2ccc(OCc3ccc(OCCCCCC)cc3)cc2)nc1. The lowest BCUT2D eigenvalue weighted by atomic mass is 10.1. The fourth-order valence-corrected chi connectivity index (χ4v) is 3.83. The second-order valence-corrected chi connectivity index (χ2v) is 8.95. The molecule has 34 heavy (non-hydrogen) atoms. The molecule has 0 unspecified atom stereocenters. The van der Waals surface area contributed by atoms with Gasteiger partial charge in [0.05, 0.1) is 6.61 Å². The molecule has 0 aliphatic rings. The second kappa shape index (κ2) is 15.1. The Morgan fingerprint density at radius 3 is 1.85 bits per heavy atom. The monoisotopic (exact) mass is 460 g/mol. The van der Waals surface area contributed by atoms with E-state index in [-0.39, 0.29) is 0 Å². The summed E-state index contributed by atoms with van der Waals surface area (Å²) in [7, 11) is 0. The van der Waals surface area contributed by atoms with Gasteiger partial charge in [-0.15, -0.1) is 0 Å². The fourth-order valence-electron chi connectivity index (χ4n) is 3.83. The largest absolute Gasteiger partial charge is 0.494 e. The molecular weight excluding hydrogens is 420 g/mol. The first-order valence-electron chi connectivity index (χ1n) is 13.0. The van der Waals surface area contributed by atoms with Crippen molar-refractivity contribution in [1.29, 1.82) is 0 Å². The van der Waals surface area contributed by atoms with Gasteiger partial charge in [0.1, 0.15) is 18.1 Å². The molecule has 1 heterocycles. The molecule has 0 amide bonds. The second-order valence-electron chi connectivity index (χ2n) is 8.95. The summed E-state index contributed by atoms with van der Waals surface area (Å²) in [6.07, 6.45) is 16.3. The molecule has 0 radical (unpaired) electrons. The maximum Gasteiger partial charge on any atom is 0.159 e. The predicted octanol–water partition coefficient (Wildman–Crippen LogP) is 8.19. The van der Waals surface area contributed by atoms with Crippen LogP contribution in [0.3, 0.4) is 0 Å². The van der Waals surface area contributed by atoms with Gasteiger partial charge in [0.2, 0.25) is 0 Å². The first-order valence-corrected chi connectivity index (χ1v) is 13.0. The normalized spacial score (nSPS) is 10.9. The average Bonchev–Trinajstić information content (AvgIpc) is 2.89. The summed E-state index contributed by atoms with van der Waals surface area (Å²) in [6.45, 7) is 5.78. The molecule has 0 fully saturated rings. The van der Waals surface area contributed by atoms with Crippen LogP contribution in [0.25, 0.3) is 11.4 Å². The summed E-state index contributed by atoms with van der Waals surface area (Å²) in [6, 6.07) is 16.2. The van der Waals surface area contributed by atoms with Gasteiger partial charge in [-0.1, -0.05) is 70.9 Å². The van der Waals surface area contributed by atoms with Gasteiger partial charge in [0, 0.05) is 18.0 Å². The van der Waals surface area contributed by atoms with E-state index in [1.165, 1.54) is 56.9 Å². The summed E-state index contributed by atoms with van der Waals surface area (Å²) in [5.41, 5.74) is 3.34. The molecule has 2 aromatic carbocycles. The van der Waals surface area contributed by atoms with Gasteiger partial charge in [-0.05, 0) is 66.8 Å². The summed E-state index contributed by atoms with van der Waals surface area (Å²) in [4.78, 5) is 9.13. The van der Waals surface area contributed by atoms with Crippen molar-refractivity contribution in [3.05, 3.63) is 72.1 Å². The number of unbranched alkanes of at least 4 members (excludes halogenated alkanes) is 7. The summed E-state index contributed by atoms with van der Waals surface area (Å²) < 4.78 is 11.8. The molecule has 0 aliphatic carbocycles. The van der Waals surface area contributed by atoms with Crippen LogP contribution in [0.4, 0.5) is 0 Å². The molecule has 3 aromatic rings. The number of benzene rings is 2. The molecule has 4 heteroatoms. The number of aromatic nitrogens is 2. The lowest BCUT2D eigenvalue weighted by molar-refractivity contribution is 0.300. The highest BCUT2D eigenvalue weighted by Gasteiger charge is 2.04. The molecule has 3 rings (SSSR count). The van der Waals surface area contributed by atoms with Gasteiger partial charge in [0.15, 0.2) is 5.82 Å². The van der Waals surface area contributed by atoms with Crippen LogP contribution >= 0.6 is 0 Å². The lowest BCUT2D eigenvalue weighted by Crippen LogP contribution is -1.99. The number of ether oxygens (including phenoxy) is 2. The Morgan fingerprint density at radius 1 is 0.588 bits per heavy atom. The zero-order chi connectivity index (χ0) is 23.8. The number of rotatable bonds is 16. The molecule has 0 bridgehead atoms. The zero-order valence-electron chi connectivity index (χ0n) is 21.0. The molecule has 0 spiro atoms. The van der Waals surface area contributed by atoms with E-state index in [0.29, 0.717) is 6.61 Å². The molecule has 182 valence electrons. The molecule has 0 N–H and O–H groups in total. The molecule has 1 aromatic heterocycles. The van der Waals surface area contributed by atoms with Gasteiger partial charge in [-0.2, -0.15) is 0 Å². The van der Waals surface area contributed by atoms with E-state index < -0.39 is 0 Å². The molecule has 0 saturated carbocycles. The Labute approximate surface area is 205 Å². The highest BCUT2D eigenvalue weighted by molar-refractivity contribution is 5.55. The highest BCUT2D eigenvalue weighted by atomic mass is 16.5. The summed E-state index contributed by atoms with van der Waals surface area (Å²) >= 11 is 0. The minimum atomic E-state index is 0.527. The number of hydrogen-bond donors (Lipinski definition) is 0. The summed E-state index contributed by atoms with van der Waals surface area (Å²) in [5, 5.41) is 0. The Balaban J connectivity index is 1.41. The van der Waals surface area contributed by atoms with Crippen LogP contribution in [0.2, 0.25) is 0 Å². The van der Waals surface area contributed by atoms with Crippen molar-refractivity contribution in [2.75, 3.05) is 6.61 Å². The summed E-state index contributed by atoms with van der Waals surface area (Å²) in [5.74, 6) is 2.52. The van der Waals surface area contributed by atoms with E-state index in [4.69, 9.17) is 9.47 Å². The molecule has 4 nitrogen and oxygen atoms in total. The lowest BCUT2D eigenvalue weighted by Gasteiger charge is -2.09. The predicted molar refractivity (Wildman–Crippen MR) is 140 cm³/mol. The topological polar surface area (TPSA) is 44.2 Å². The average molecular weight is 461 g/mol. The van der Waals surface area contributed by atoms with E-state index in [9.17, 15) is 0 Å². The van der Waals surface area contributed by atoms with Crippen molar-refractivity contribution in [3.8, 4) is 22.9 Å².